The summed E-state index contributed by atoms with van der Waals surface area (Å²) in [6.45, 7) is 1.94. The molecule has 18 heavy (non-hydrogen) atoms. The lowest BCUT2D eigenvalue weighted by molar-refractivity contribution is 0.432. The highest BCUT2D eigenvalue weighted by Crippen LogP contribution is 2.33. The van der Waals surface area contributed by atoms with Gasteiger partial charge in [0.15, 0.2) is 11.6 Å². The van der Waals surface area contributed by atoms with Crippen LogP contribution in [0.1, 0.15) is 18.9 Å². The van der Waals surface area contributed by atoms with E-state index >= 15 is 0 Å². The summed E-state index contributed by atoms with van der Waals surface area (Å²) in [7, 11) is 0. The zero-order valence-electron chi connectivity index (χ0n) is 9.64. The lowest BCUT2D eigenvalue weighted by Crippen LogP contribution is -1.94. The Morgan fingerprint density at radius 1 is 1.33 bits per heavy atom. The first-order valence-corrected chi connectivity index (χ1v) is 5.81. The number of nitrogens with zero attached hydrogens (tertiary/aromatic N) is 1. The molecule has 2 rings (SSSR count). The fourth-order valence-electron chi connectivity index (χ4n) is 1.72. The van der Waals surface area contributed by atoms with Gasteiger partial charge < -0.3 is 10.3 Å². The van der Waals surface area contributed by atoms with E-state index < -0.39 is 11.6 Å². The highest BCUT2D eigenvalue weighted by molar-refractivity contribution is 6.30. The first-order valence-electron chi connectivity index (χ1n) is 5.43. The molecule has 3 nitrogen and oxygen atoms in total. The van der Waals surface area contributed by atoms with Gasteiger partial charge in [0, 0.05) is 5.56 Å². The number of halogens is 3. The molecule has 0 atom stereocenters. The zero-order chi connectivity index (χ0) is 13.3. The number of hydrogen-bond donors (Lipinski definition) is 1. The SMILES string of the molecule is CCCc1c(N)noc1-c1cc(F)c(Cl)cc1F. The number of nitrogens with two attached hydrogens (primary N) is 1. The number of benzene rings is 1. The van der Waals surface area contributed by atoms with Crippen LogP contribution in [0.3, 0.4) is 0 Å². The molecule has 1 heterocycles. The smallest absolute Gasteiger partial charge is 0.175 e. The number of rotatable bonds is 3. The fraction of sp³-hybridized carbons (Fsp3) is 0.250. The van der Waals surface area contributed by atoms with Crippen molar-refractivity contribution in [1.29, 1.82) is 0 Å². The van der Waals surface area contributed by atoms with Gasteiger partial charge in [-0.05, 0) is 18.6 Å². The van der Waals surface area contributed by atoms with Crippen LogP contribution in [0.4, 0.5) is 14.6 Å². The molecule has 96 valence electrons. The fourth-order valence-corrected chi connectivity index (χ4v) is 1.87. The van der Waals surface area contributed by atoms with E-state index in [9.17, 15) is 8.78 Å². The quantitative estimate of drug-likeness (QED) is 0.865. The van der Waals surface area contributed by atoms with Crippen LogP contribution in [0.15, 0.2) is 16.7 Å². The molecule has 0 unspecified atom stereocenters. The van der Waals surface area contributed by atoms with Crippen LogP contribution in [0.5, 0.6) is 0 Å². The van der Waals surface area contributed by atoms with Crippen LogP contribution in [0.25, 0.3) is 11.3 Å². The van der Waals surface area contributed by atoms with Crippen LogP contribution in [0.2, 0.25) is 5.02 Å². The maximum atomic E-state index is 13.8. The van der Waals surface area contributed by atoms with Gasteiger partial charge in [-0.3, -0.25) is 0 Å². The molecule has 0 amide bonds. The van der Waals surface area contributed by atoms with Gasteiger partial charge in [0.25, 0.3) is 0 Å². The van der Waals surface area contributed by atoms with E-state index in [4.69, 9.17) is 21.9 Å². The van der Waals surface area contributed by atoms with E-state index in [0.717, 1.165) is 18.6 Å². The molecule has 0 radical (unpaired) electrons. The molecule has 1 aromatic carbocycles. The Kier molecular flexibility index (Phi) is 3.52. The third-order valence-corrected chi connectivity index (χ3v) is 2.86. The lowest BCUT2D eigenvalue weighted by atomic mass is 10.0. The van der Waals surface area contributed by atoms with Gasteiger partial charge in [0.05, 0.1) is 10.6 Å². The Morgan fingerprint density at radius 2 is 2.06 bits per heavy atom. The summed E-state index contributed by atoms with van der Waals surface area (Å²) in [5.41, 5.74) is 6.19. The average Bonchev–Trinajstić information content (AvgIpc) is 2.67. The minimum Gasteiger partial charge on any atom is -0.381 e. The third kappa shape index (κ3) is 2.18. The number of nitrogen functional groups attached to an aromatic ring is 1. The highest BCUT2D eigenvalue weighted by atomic mass is 35.5. The molecule has 6 heteroatoms. The second-order valence-corrected chi connectivity index (χ2v) is 4.28. The van der Waals surface area contributed by atoms with Crippen molar-refractivity contribution >= 4 is 17.4 Å². The van der Waals surface area contributed by atoms with Gasteiger partial charge in [-0.2, -0.15) is 0 Å². The molecular formula is C12H11ClF2N2O. The van der Waals surface area contributed by atoms with E-state index in [0.29, 0.717) is 12.0 Å². The Labute approximate surface area is 108 Å². The zero-order valence-corrected chi connectivity index (χ0v) is 10.4. The van der Waals surface area contributed by atoms with E-state index in [1.165, 1.54) is 0 Å². The van der Waals surface area contributed by atoms with E-state index in [1.54, 1.807) is 0 Å². The summed E-state index contributed by atoms with van der Waals surface area (Å²) < 4.78 is 32.1. The largest absolute Gasteiger partial charge is 0.381 e. The highest BCUT2D eigenvalue weighted by Gasteiger charge is 2.20. The topological polar surface area (TPSA) is 52.0 Å². The van der Waals surface area contributed by atoms with Crippen LogP contribution < -0.4 is 5.73 Å². The van der Waals surface area contributed by atoms with Gasteiger partial charge in [0.2, 0.25) is 0 Å². The van der Waals surface area contributed by atoms with Crippen molar-refractivity contribution in [3.8, 4) is 11.3 Å². The molecule has 0 bridgehead atoms. The van der Waals surface area contributed by atoms with E-state index in [-0.39, 0.29) is 22.2 Å². The van der Waals surface area contributed by atoms with Crippen LogP contribution in [-0.4, -0.2) is 5.16 Å². The normalized spacial score (nSPS) is 10.9. The van der Waals surface area contributed by atoms with Crippen molar-refractivity contribution in [1.82, 2.24) is 5.16 Å². The van der Waals surface area contributed by atoms with Crippen LogP contribution in [-0.2, 0) is 6.42 Å². The van der Waals surface area contributed by atoms with Crippen molar-refractivity contribution in [2.45, 2.75) is 19.8 Å². The predicted octanol–water partition coefficient (Wildman–Crippen LogP) is 3.81. The first kappa shape index (κ1) is 12.8. The molecule has 0 saturated carbocycles. The van der Waals surface area contributed by atoms with Gasteiger partial charge in [-0.1, -0.05) is 30.1 Å². The van der Waals surface area contributed by atoms with E-state index in [2.05, 4.69) is 5.16 Å². The Morgan fingerprint density at radius 3 is 2.72 bits per heavy atom. The molecule has 0 spiro atoms. The predicted molar refractivity (Wildman–Crippen MR) is 65.3 cm³/mol. The lowest BCUT2D eigenvalue weighted by Gasteiger charge is -2.03. The third-order valence-electron chi connectivity index (χ3n) is 2.57. The van der Waals surface area contributed by atoms with Gasteiger partial charge >= 0.3 is 0 Å². The maximum absolute atomic E-state index is 13.8. The van der Waals surface area contributed by atoms with Crippen molar-refractivity contribution in [3.63, 3.8) is 0 Å². The van der Waals surface area contributed by atoms with Crippen molar-refractivity contribution in [3.05, 3.63) is 34.4 Å². The second kappa shape index (κ2) is 4.94. The minimum atomic E-state index is -0.717. The summed E-state index contributed by atoms with van der Waals surface area (Å²) >= 11 is 5.49. The molecule has 0 aliphatic carbocycles. The monoisotopic (exact) mass is 272 g/mol. The summed E-state index contributed by atoms with van der Waals surface area (Å²) in [5.74, 6) is -1.04. The molecular weight excluding hydrogens is 262 g/mol. The average molecular weight is 273 g/mol. The molecule has 0 aliphatic rings. The molecule has 1 aromatic heterocycles. The van der Waals surface area contributed by atoms with Crippen molar-refractivity contribution in [2.24, 2.45) is 0 Å². The minimum absolute atomic E-state index is 0.0236. The molecule has 2 aromatic rings. The summed E-state index contributed by atoms with van der Waals surface area (Å²) in [5, 5.41) is 3.31. The molecule has 0 saturated heterocycles. The second-order valence-electron chi connectivity index (χ2n) is 3.87. The summed E-state index contributed by atoms with van der Waals surface area (Å²) in [6.07, 6.45) is 1.37. The Balaban J connectivity index is 2.58. The number of anilines is 1. The van der Waals surface area contributed by atoms with Gasteiger partial charge in [-0.15, -0.1) is 0 Å². The van der Waals surface area contributed by atoms with Crippen molar-refractivity contribution < 1.29 is 13.3 Å². The number of hydrogen-bond acceptors (Lipinski definition) is 3. The van der Waals surface area contributed by atoms with Crippen molar-refractivity contribution in [2.75, 3.05) is 5.73 Å². The van der Waals surface area contributed by atoms with Crippen LogP contribution >= 0.6 is 11.6 Å². The number of aromatic nitrogens is 1. The van der Waals surface area contributed by atoms with Gasteiger partial charge in [-0.25, -0.2) is 8.78 Å². The Bertz CT molecular complexity index is 584. The van der Waals surface area contributed by atoms with Gasteiger partial charge in [0.1, 0.15) is 11.6 Å². The maximum Gasteiger partial charge on any atom is 0.175 e. The molecule has 2 N–H and O–H groups in total. The first-order chi connectivity index (χ1) is 8.54. The van der Waals surface area contributed by atoms with E-state index in [1.807, 2.05) is 6.92 Å². The standard InChI is InChI=1S/C12H11ClF2N2O/c1-2-3-6-11(18-17-12(6)16)7-4-10(15)8(13)5-9(7)14/h4-5H,2-3H2,1H3,(H2,16,17). The molecule has 0 fully saturated rings. The molecule has 0 aliphatic heterocycles. The summed E-state index contributed by atoms with van der Waals surface area (Å²) in [4.78, 5) is 0. The van der Waals surface area contributed by atoms with Crippen LogP contribution in [0, 0.1) is 11.6 Å². The Hall–Kier alpha value is -1.62. The summed E-state index contributed by atoms with van der Waals surface area (Å²) in [6, 6.07) is 1.89.